The van der Waals surface area contributed by atoms with Crippen LogP contribution in [-0.2, 0) is 6.18 Å². The van der Waals surface area contributed by atoms with Crippen LogP contribution in [0.3, 0.4) is 0 Å². The molecule has 30 heavy (non-hydrogen) atoms. The monoisotopic (exact) mass is 437 g/mol. The number of nitrogens with two attached hydrogens (primary N) is 1. The summed E-state index contributed by atoms with van der Waals surface area (Å²) in [6.07, 6.45) is -0.663. The van der Waals surface area contributed by atoms with Crippen LogP contribution >= 0.6 is 11.6 Å². The molecule has 2 aromatic heterocycles. The summed E-state index contributed by atoms with van der Waals surface area (Å²) in [6, 6.07) is 6.79. The highest BCUT2D eigenvalue weighted by Crippen LogP contribution is 2.35. The van der Waals surface area contributed by atoms with Crippen LogP contribution in [0.25, 0.3) is 22.2 Å². The fraction of sp³-hybridized carbons (Fsp3) is 0.364. The number of hydrogen-bond acceptors (Lipinski definition) is 4. The lowest BCUT2D eigenvalue weighted by Gasteiger charge is -2.23. The van der Waals surface area contributed by atoms with E-state index in [1.54, 1.807) is 12.1 Å². The number of aromatic nitrogens is 2. The number of pyridine rings is 2. The number of halogens is 4. The first kappa shape index (κ1) is 22.3. The number of nitrogens with zero attached hydrogens (tertiary/aromatic N) is 2. The molecule has 8 heteroatoms. The first-order valence-corrected chi connectivity index (χ1v) is 9.85. The van der Waals surface area contributed by atoms with Crippen LogP contribution < -0.4 is 10.5 Å². The van der Waals surface area contributed by atoms with E-state index >= 15 is 0 Å². The molecule has 2 N–H and O–H groups in total. The smallest absolute Gasteiger partial charge is 0.416 e. The van der Waals surface area contributed by atoms with E-state index in [-0.39, 0.29) is 17.0 Å². The van der Waals surface area contributed by atoms with Crippen molar-refractivity contribution in [2.24, 2.45) is 11.7 Å². The summed E-state index contributed by atoms with van der Waals surface area (Å²) < 4.78 is 44.7. The second kappa shape index (κ2) is 8.40. The molecule has 3 aromatic rings. The molecule has 4 nitrogen and oxygen atoms in total. The molecule has 0 saturated carbocycles. The average molecular weight is 438 g/mol. The van der Waals surface area contributed by atoms with Crippen molar-refractivity contribution in [3.05, 3.63) is 53.3 Å². The summed E-state index contributed by atoms with van der Waals surface area (Å²) in [7, 11) is 0. The molecular weight excluding hydrogens is 415 g/mol. The highest BCUT2D eigenvalue weighted by atomic mass is 35.5. The second-order valence-corrected chi connectivity index (χ2v) is 8.60. The van der Waals surface area contributed by atoms with Crippen LogP contribution in [0, 0.1) is 5.92 Å². The molecule has 0 unspecified atom stereocenters. The molecule has 0 aliphatic heterocycles. The largest absolute Gasteiger partial charge is 0.490 e. The molecule has 2 heterocycles. The van der Waals surface area contributed by atoms with Crippen LogP contribution in [0.2, 0.25) is 5.02 Å². The van der Waals surface area contributed by atoms with Crippen LogP contribution in [0.5, 0.6) is 5.75 Å². The Hall–Kier alpha value is -2.38. The van der Waals surface area contributed by atoms with E-state index in [4.69, 9.17) is 22.1 Å². The quantitative estimate of drug-likeness (QED) is 0.505. The van der Waals surface area contributed by atoms with Gasteiger partial charge in [0.25, 0.3) is 0 Å². The minimum absolute atomic E-state index is 0.229. The van der Waals surface area contributed by atoms with Crippen LogP contribution in [0.1, 0.15) is 32.8 Å². The molecule has 0 aliphatic rings. The van der Waals surface area contributed by atoms with Crippen molar-refractivity contribution < 1.29 is 17.9 Å². The Kier molecular flexibility index (Phi) is 6.24. The van der Waals surface area contributed by atoms with Gasteiger partial charge in [-0.3, -0.25) is 9.97 Å². The maximum absolute atomic E-state index is 13.0. The first-order valence-electron chi connectivity index (χ1n) is 9.47. The molecule has 0 saturated heterocycles. The van der Waals surface area contributed by atoms with Gasteiger partial charge in [-0.05, 0) is 50.5 Å². The fourth-order valence-corrected chi connectivity index (χ4v) is 3.62. The number of fused-ring (bicyclic) bond motifs is 1. The SMILES string of the molecule is C[C@H](COc1cnc(-c2ccnc3cc(C(F)(F)F)ccc23)cc1Cl)CC(C)(C)N. The van der Waals surface area contributed by atoms with Crippen molar-refractivity contribution in [2.45, 2.75) is 38.9 Å². The molecule has 0 fully saturated rings. The molecule has 0 radical (unpaired) electrons. The third-order valence-corrected chi connectivity index (χ3v) is 4.86. The summed E-state index contributed by atoms with van der Waals surface area (Å²) in [5, 5.41) is 0.928. The molecule has 0 spiro atoms. The molecule has 1 aromatic carbocycles. The third-order valence-electron chi connectivity index (χ3n) is 4.56. The maximum Gasteiger partial charge on any atom is 0.416 e. The Morgan fingerprint density at radius 3 is 2.50 bits per heavy atom. The van der Waals surface area contributed by atoms with Gasteiger partial charge >= 0.3 is 6.18 Å². The van der Waals surface area contributed by atoms with Crippen molar-refractivity contribution in [1.29, 1.82) is 0 Å². The highest BCUT2D eigenvalue weighted by molar-refractivity contribution is 6.32. The minimum Gasteiger partial charge on any atom is -0.490 e. The maximum atomic E-state index is 13.0. The minimum atomic E-state index is -4.43. The summed E-state index contributed by atoms with van der Waals surface area (Å²) in [5.41, 5.74) is 6.40. The standard InChI is InChI=1S/C22H23ClF3N3O/c1-13(10-21(2,3)27)12-30-20-11-29-19(9-17(20)23)16-6-7-28-18-8-14(22(24,25)26)4-5-15(16)18/h4-9,11,13H,10,12,27H2,1-3H3/t13-/m0/s1. The lowest BCUT2D eigenvalue weighted by Crippen LogP contribution is -2.35. The molecule has 160 valence electrons. The normalized spacial score (nSPS) is 13.5. The molecule has 1 atom stereocenters. The summed E-state index contributed by atoms with van der Waals surface area (Å²) in [5.74, 6) is 0.674. The van der Waals surface area contributed by atoms with Crippen molar-refractivity contribution >= 4 is 22.5 Å². The summed E-state index contributed by atoms with van der Waals surface area (Å²) in [4.78, 5) is 8.46. The van der Waals surface area contributed by atoms with E-state index in [1.165, 1.54) is 18.5 Å². The van der Waals surface area contributed by atoms with E-state index < -0.39 is 11.7 Å². The van der Waals surface area contributed by atoms with Crippen LogP contribution in [-0.4, -0.2) is 22.1 Å². The predicted octanol–water partition coefficient (Wildman–Crippen LogP) is 6.11. The zero-order chi connectivity index (χ0) is 22.1. The molecule has 0 bridgehead atoms. The van der Waals surface area contributed by atoms with Gasteiger partial charge in [-0.15, -0.1) is 0 Å². The predicted molar refractivity (Wildman–Crippen MR) is 113 cm³/mol. The van der Waals surface area contributed by atoms with Gasteiger partial charge in [0.15, 0.2) is 5.75 Å². The van der Waals surface area contributed by atoms with Crippen molar-refractivity contribution in [2.75, 3.05) is 6.61 Å². The first-order chi connectivity index (χ1) is 13.9. The molecular formula is C22H23ClF3N3O. The number of rotatable bonds is 6. The van der Waals surface area contributed by atoms with E-state index in [9.17, 15) is 13.2 Å². The van der Waals surface area contributed by atoms with E-state index in [0.29, 0.717) is 34.0 Å². The third kappa shape index (κ3) is 5.40. The van der Waals surface area contributed by atoms with Gasteiger partial charge in [0.2, 0.25) is 0 Å². The Morgan fingerprint density at radius 1 is 1.13 bits per heavy atom. The Balaban J connectivity index is 1.85. The van der Waals surface area contributed by atoms with Gasteiger partial charge in [-0.1, -0.05) is 24.6 Å². The Labute approximate surface area is 178 Å². The highest BCUT2D eigenvalue weighted by Gasteiger charge is 2.30. The zero-order valence-corrected chi connectivity index (χ0v) is 17.7. The molecule has 3 rings (SSSR count). The zero-order valence-electron chi connectivity index (χ0n) is 16.9. The lowest BCUT2D eigenvalue weighted by atomic mass is 9.93. The summed E-state index contributed by atoms with van der Waals surface area (Å²) >= 11 is 6.38. The number of alkyl halides is 3. The average Bonchev–Trinajstić information content (AvgIpc) is 2.64. The van der Waals surface area contributed by atoms with Gasteiger partial charge < -0.3 is 10.5 Å². The van der Waals surface area contributed by atoms with Gasteiger partial charge in [0.05, 0.1) is 34.6 Å². The van der Waals surface area contributed by atoms with Crippen molar-refractivity contribution in [3.63, 3.8) is 0 Å². The van der Waals surface area contributed by atoms with Crippen molar-refractivity contribution in [3.8, 4) is 17.0 Å². The molecule has 0 aliphatic carbocycles. The summed E-state index contributed by atoms with van der Waals surface area (Å²) in [6.45, 7) is 6.41. The van der Waals surface area contributed by atoms with Gasteiger partial charge in [-0.25, -0.2) is 0 Å². The fourth-order valence-electron chi connectivity index (χ4n) is 3.41. The second-order valence-electron chi connectivity index (χ2n) is 8.20. The van der Waals surface area contributed by atoms with Gasteiger partial charge in [0.1, 0.15) is 0 Å². The molecule has 0 amide bonds. The Bertz CT molecular complexity index is 1050. The van der Waals surface area contributed by atoms with Gasteiger partial charge in [0, 0.05) is 22.7 Å². The topological polar surface area (TPSA) is 61.0 Å². The van der Waals surface area contributed by atoms with E-state index in [2.05, 4.69) is 9.97 Å². The Morgan fingerprint density at radius 2 is 1.87 bits per heavy atom. The van der Waals surface area contributed by atoms with Crippen molar-refractivity contribution in [1.82, 2.24) is 9.97 Å². The number of hydrogen-bond donors (Lipinski definition) is 1. The van der Waals surface area contributed by atoms with Crippen LogP contribution in [0.15, 0.2) is 42.7 Å². The number of benzene rings is 1. The number of ether oxygens (including phenoxy) is 1. The van der Waals surface area contributed by atoms with Gasteiger partial charge in [-0.2, -0.15) is 13.2 Å². The van der Waals surface area contributed by atoms with E-state index in [1.807, 2.05) is 20.8 Å². The van der Waals surface area contributed by atoms with Crippen LogP contribution in [0.4, 0.5) is 13.2 Å². The van der Waals surface area contributed by atoms with E-state index in [0.717, 1.165) is 18.6 Å². The lowest BCUT2D eigenvalue weighted by molar-refractivity contribution is -0.137.